The molecule has 4 heterocycles. The van der Waals surface area contributed by atoms with Gasteiger partial charge in [0.05, 0.1) is 31.2 Å². The van der Waals surface area contributed by atoms with E-state index in [1.165, 1.54) is 6.26 Å². The molecule has 0 N–H and O–H groups in total. The third-order valence-electron chi connectivity index (χ3n) is 5.30. The average molecular weight is 349 g/mol. The topological polar surface area (TPSA) is 60.5 Å². The van der Waals surface area contributed by atoms with Gasteiger partial charge in [-0.15, -0.1) is 0 Å². The Kier molecular flexibility index (Phi) is 3.46. The highest BCUT2D eigenvalue weighted by Crippen LogP contribution is 2.35. The zero-order chi connectivity index (χ0) is 17.6. The average Bonchev–Trinajstić information content (AvgIpc) is 3.42. The third-order valence-corrected chi connectivity index (χ3v) is 5.30. The van der Waals surface area contributed by atoms with Gasteiger partial charge in [0.2, 0.25) is 0 Å². The maximum Gasteiger partial charge on any atom is 0.289 e. The van der Waals surface area contributed by atoms with Gasteiger partial charge in [-0.25, -0.2) is 4.98 Å². The summed E-state index contributed by atoms with van der Waals surface area (Å²) in [5, 5.41) is 0. The fraction of sp³-hybridized carbons (Fsp3) is 0.300. The van der Waals surface area contributed by atoms with Gasteiger partial charge in [0, 0.05) is 6.54 Å². The second kappa shape index (κ2) is 5.85. The van der Waals surface area contributed by atoms with Crippen molar-refractivity contribution in [3.8, 4) is 11.3 Å². The number of ether oxygens (including phenoxy) is 1. The molecule has 6 nitrogen and oxygen atoms in total. The summed E-state index contributed by atoms with van der Waals surface area (Å²) in [4.78, 5) is 18.9. The second-order valence-electron chi connectivity index (χ2n) is 6.94. The number of likely N-dealkylation sites (tertiary alicyclic amines) is 1. The summed E-state index contributed by atoms with van der Waals surface area (Å²) in [5.74, 6) is 1.24. The van der Waals surface area contributed by atoms with Crippen molar-refractivity contribution in [2.24, 2.45) is 0 Å². The van der Waals surface area contributed by atoms with E-state index in [0.717, 1.165) is 23.5 Å². The van der Waals surface area contributed by atoms with Crippen LogP contribution in [-0.4, -0.2) is 39.0 Å². The molecule has 0 bridgehead atoms. The van der Waals surface area contributed by atoms with Gasteiger partial charge in [0.25, 0.3) is 5.91 Å². The first-order chi connectivity index (χ1) is 12.7. The Balaban J connectivity index is 1.41. The number of hydrogen-bond donors (Lipinski definition) is 0. The number of furan rings is 1. The van der Waals surface area contributed by atoms with E-state index in [2.05, 4.69) is 21.7 Å². The second-order valence-corrected chi connectivity index (χ2v) is 6.94. The Morgan fingerprint density at radius 1 is 1.12 bits per heavy atom. The van der Waals surface area contributed by atoms with E-state index in [1.54, 1.807) is 12.1 Å². The van der Waals surface area contributed by atoms with Gasteiger partial charge in [0.1, 0.15) is 18.0 Å². The van der Waals surface area contributed by atoms with Crippen LogP contribution in [0.4, 0.5) is 0 Å². The molecule has 1 amide bonds. The van der Waals surface area contributed by atoms with Crippen molar-refractivity contribution in [2.75, 3.05) is 13.1 Å². The van der Waals surface area contributed by atoms with Crippen molar-refractivity contribution in [3.05, 3.63) is 66.5 Å². The minimum absolute atomic E-state index is 0.0739. The largest absolute Gasteiger partial charge is 0.459 e. The molecule has 3 aromatic rings. The van der Waals surface area contributed by atoms with Crippen molar-refractivity contribution in [3.63, 3.8) is 0 Å². The zero-order valence-corrected chi connectivity index (χ0v) is 14.3. The van der Waals surface area contributed by atoms with Crippen LogP contribution in [-0.2, 0) is 17.9 Å². The maximum atomic E-state index is 12.6. The number of fused-ring (bicyclic) bond motifs is 1. The van der Waals surface area contributed by atoms with Gasteiger partial charge in [-0.3, -0.25) is 4.79 Å². The lowest BCUT2D eigenvalue weighted by Gasteiger charge is -2.35. The summed E-state index contributed by atoms with van der Waals surface area (Å²) < 4.78 is 13.7. The number of benzene rings is 1. The fourth-order valence-corrected chi connectivity index (χ4v) is 3.92. The molecule has 2 aliphatic rings. The molecule has 1 aromatic carbocycles. The molecule has 132 valence electrons. The predicted molar refractivity (Wildman–Crippen MR) is 94.4 cm³/mol. The van der Waals surface area contributed by atoms with Crippen LogP contribution >= 0.6 is 0 Å². The molecule has 1 spiro atoms. The summed E-state index contributed by atoms with van der Waals surface area (Å²) >= 11 is 0. The number of carbonyl (C=O) groups is 1. The molecule has 26 heavy (non-hydrogen) atoms. The van der Waals surface area contributed by atoms with Gasteiger partial charge >= 0.3 is 0 Å². The van der Waals surface area contributed by atoms with E-state index in [9.17, 15) is 4.79 Å². The molecule has 0 saturated carbocycles. The first kappa shape index (κ1) is 15.4. The standard InChI is InChI=1S/C20H19N3O3/c24-19(17-7-4-10-25-17)22-9-8-20(13-22)14-23-16(11-21-18(23)12-26-20)15-5-2-1-3-6-15/h1-7,10-11H,8-9,12-14H2. The maximum absolute atomic E-state index is 12.6. The van der Waals surface area contributed by atoms with Crippen LogP contribution in [0.5, 0.6) is 0 Å². The summed E-state index contributed by atoms with van der Waals surface area (Å²) in [6.07, 6.45) is 4.25. The Morgan fingerprint density at radius 3 is 2.81 bits per heavy atom. The van der Waals surface area contributed by atoms with Crippen LogP contribution in [0.3, 0.4) is 0 Å². The molecule has 2 aromatic heterocycles. The van der Waals surface area contributed by atoms with Crippen molar-refractivity contribution in [1.82, 2.24) is 14.5 Å². The van der Waals surface area contributed by atoms with Crippen LogP contribution in [0, 0.1) is 0 Å². The molecule has 1 atom stereocenters. The molecule has 6 heteroatoms. The fourth-order valence-electron chi connectivity index (χ4n) is 3.92. The minimum Gasteiger partial charge on any atom is -0.459 e. The van der Waals surface area contributed by atoms with Crippen molar-refractivity contribution in [2.45, 2.75) is 25.2 Å². The van der Waals surface area contributed by atoms with Crippen LogP contribution in [0.15, 0.2) is 59.3 Å². The summed E-state index contributed by atoms with van der Waals surface area (Å²) in [7, 11) is 0. The van der Waals surface area contributed by atoms with Crippen molar-refractivity contribution >= 4 is 5.91 Å². The van der Waals surface area contributed by atoms with Gasteiger partial charge in [0.15, 0.2) is 5.76 Å². The number of rotatable bonds is 2. The van der Waals surface area contributed by atoms with Crippen molar-refractivity contribution < 1.29 is 13.9 Å². The van der Waals surface area contributed by atoms with Gasteiger partial charge in [-0.05, 0) is 24.1 Å². The highest BCUT2D eigenvalue weighted by atomic mass is 16.5. The predicted octanol–water partition coefficient (Wildman–Crippen LogP) is 2.96. The molecule has 1 unspecified atom stereocenters. The normalized spacial score (nSPS) is 21.9. The van der Waals surface area contributed by atoms with E-state index < -0.39 is 0 Å². The molecule has 0 aliphatic carbocycles. The Labute approximate surface area is 151 Å². The Bertz CT molecular complexity index is 933. The number of amides is 1. The number of carbonyl (C=O) groups excluding carboxylic acids is 1. The smallest absolute Gasteiger partial charge is 0.289 e. The summed E-state index contributed by atoms with van der Waals surface area (Å²) in [6, 6.07) is 13.7. The quantitative estimate of drug-likeness (QED) is 0.714. The SMILES string of the molecule is O=C(c1ccco1)N1CCC2(C1)Cn1c(-c3ccccc3)cnc1CO2. The van der Waals surface area contributed by atoms with Gasteiger partial charge < -0.3 is 18.6 Å². The first-order valence-corrected chi connectivity index (χ1v) is 8.81. The van der Waals surface area contributed by atoms with Gasteiger partial charge in [-0.2, -0.15) is 0 Å². The van der Waals surface area contributed by atoms with Crippen molar-refractivity contribution in [1.29, 1.82) is 0 Å². The summed E-state index contributed by atoms with van der Waals surface area (Å²) in [6.45, 7) is 2.41. The molecule has 5 rings (SSSR count). The third kappa shape index (κ3) is 2.45. The van der Waals surface area contributed by atoms with Crippen LogP contribution < -0.4 is 0 Å². The molecular formula is C20H19N3O3. The number of hydrogen-bond acceptors (Lipinski definition) is 4. The number of aromatic nitrogens is 2. The minimum atomic E-state index is -0.362. The lowest BCUT2D eigenvalue weighted by Crippen LogP contribution is -2.45. The highest BCUT2D eigenvalue weighted by Gasteiger charge is 2.45. The lowest BCUT2D eigenvalue weighted by atomic mass is 10.0. The molecule has 1 fully saturated rings. The highest BCUT2D eigenvalue weighted by molar-refractivity contribution is 5.91. The van der Waals surface area contributed by atoms with E-state index in [0.29, 0.717) is 32.0 Å². The van der Waals surface area contributed by atoms with E-state index in [-0.39, 0.29) is 11.5 Å². The van der Waals surface area contributed by atoms with Crippen LogP contribution in [0.1, 0.15) is 22.8 Å². The zero-order valence-electron chi connectivity index (χ0n) is 14.3. The van der Waals surface area contributed by atoms with Gasteiger partial charge in [-0.1, -0.05) is 30.3 Å². The van der Waals surface area contributed by atoms with Crippen LogP contribution in [0.25, 0.3) is 11.3 Å². The first-order valence-electron chi connectivity index (χ1n) is 8.81. The molecular weight excluding hydrogens is 330 g/mol. The monoisotopic (exact) mass is 349 g/mol. The summed E-state index contributed by atoms with van der Waals surface area (Å²) in [5.41, 5.74) is 1.88. The number of nitrogens with zero attached hydrogens (tertiary/aromatic N) is 3. The Hall–Kier alpha value is -2.86. The van der Waals surface area contributed by atoms with E-state index in [4.69, 9.17) is 9.15 Å². The Morgan fingerprint density at radius 2 is 2.00 bits per heavy atom. The molecule has 2 aliphatic heterocycles. The molecule has 1 saturated heterocycles. The van der Waals surface area contributed by atoms with E-state index in [1.807, 2.05) is 29.3 Å². The molecule has 0 radical (unpaired) electrons. The number of imidazole rings is 1. The van der Waals surface area contributed by atoms with Crippen LogP contribution in [0.2, 0.25) is 0 Å². The van der Waals surface area contributed by atoms with E-state index >= 15 is 0 Å². The lowest BCUT2D eigenvalue weighted by molar-refractivity contribution is -0.0805.